The van der Waals surface area contributed by atoms with E-state index in [1.807, 2.05) is 6.26 Å². The van der Waals surface area contributed by atoms with Gasteiger partial charge in [0.2, 0.25) is 5.95 Å². The highest BCUT2D eigenvalue weighted by atomic mass is 32.2. The SMILES string of the molecule is CSCCCn1c(N)nc2c(F)cc(F)cc21. The molecule has 0 unspecified atom stereocenters. The Kier molecular flexibility index (Phi) is 3.51. The molecule has 0 atom stereocenters. The summed E-state index contributed by atoms with van der Waals surface area (Å²) in [5.41, 5.74) is 6.26. The van der Waals surface area contributed by atoms with Crippen molar-refractivity contribution in [3.63, 3.8) is 0 Å². The van der Waals surface area contributed by atoms with E-state index in [1.165, 1.54) is 6.07 Å². The molecule has 0 spiro atoms. The molecule has 0 saturated carbocycles. The maximum absolute atomic E-state index is 13.5. The Morgan fingerprint density at radius 2 is 2.18 bits per heavy atom. The number of anilines is 1. The van der Waals surface area contributed by atoms with Gasteiger partial charge in [0.25, 0.3) is 0 Å². The molecule has 92 valence electrons. The van der Waals surface area contributed by atoms with Gasteiger partial charge in [-0.2, -0.15) is 11.8 Å². The van der Waals surface area contributed by atoms with Crippen molar-refractivity contribution in [2.45, 2.75) is 13.0 Å². The molecule has 1 heterocycles. The van der Waals surface area contributed by atoms with E-state index in [0.717, 1.165) is 18.2 Å². The van der Waals surface area contributed by atoms with Crippen molar-refractivity contribution in [3.8, 4) is 0 Å². The Bertz CT molecular complexity index is 539. The highest BCUT2D eigenvalue weighted by Crippen LogP contribution is 2.22. The normalized spacial score (nSPS) is 11.2. The van der Waals surface area contributed by atoms with Gasteiger partial charge in [0.15, 0.2) is 5.82 Å². The summed E-state index contributed by atoms with van der Waals surface area (Å²) < 4.78 is 28.3. The van der Waals surface area contributed by atoms with Crippen LogP contribution < -0.4 is 5.73 Å². The van der Waals surface area contributed by atoms with Crippen molar-refractivity contribution in [1.29, 1.82) is 0 Å². The Morgan fingerprint density at radius 3 is 2.88 bits per heavy atom. The summed E-state index contributed by atoms with van der Waals surface area (Å²) in [6.45, 7) is 0.617. The fourth-order valence-electron chi connectivity index (χ4n) is 1.77. The van der Waals surface area contributed by atoms with Crippen LogP contribution in [-0.2, 0) is 6.54 Å². The van der Waals surface area contributed by atoms with Gasteiger partial charge in [-0.25, -0.2) is 13.8 Å². The van der Waals surface area contributed by atoms with Crippen molar-refractivity contribution in [3.05, 3.63) is 23.8 Å². The van der Waals surface area contributed by atoms with Crippen LogP contribution in [0.1, 0.15) is 6.42 Å². The Balaban J connectivity index is 2.43. The van der Waals surface area contributed by atoms with Crippen LogP contribution >= 0.6 is 11.8 Å². The molecular formula is C11H13F2N3S. The second-order valence-corrected chi connectivity index (χ2v) is 4.71. The number of aromatic nitrogens is 2. The minimum atomic E-state index is -0.671. The standard InChI is InChI=1S/C11H13F2N3S/c1-17-4-2-3-16-9-6-7(12)5-8(13)10(9)15-11(16)14/h5-6H,2-4H2,1H3,(H2,14,15). The van der Waals surface area contributed by atoms with Crippen molar-refractivity contribution in [1.82, 2.24) is 9.55 Å². The van der Waals surface area contributed by atoms with Crippen molar-refractivity contribution in [2.24, 2.45) is 0 Å². The van der Waals surface area contributed by atoms with Gasteiger partial charge in [0.05, 0.1) is 5.52 Å². The van der Waals surface area contributed by atoms with Gasteiger partial charge in [-0.3, -0.25) is 0 Å². The molecule has 0 bridgehead atoms. The zero-order valence-corrected chi connectivity index (χ0v) is 10.2. The molecular weight excluding hydrogens is 244 g/mol. The number of nitrogens with two attached hydrogens (primary N) is 1. The number of imidazole rings is 1. The van der Waals surface area contributed by atoms with Crippen molar-refractivity contribution >= 4 is 28.7 Å². The van der Waals surface area contributed by atoms with Crippen LogP contribution in [0.25, 0.3) is 11.0 Å². The summed E-state index contributed by atoms with van der Waals surface area (Å²) in [7, 11) is 0. The summed E-state index contributed by atoms with van der Waals surface area (Å²) in [6.07, 6.45) is 2.89. The van der Waals surface area contributed by atoms with E-state index in [0.29, 0.717) is 12.1 Å². The van der Waals surface area contributed by atoms with E-state index in [-0.39, 0.29) is 11.5 Å². The lowest BCUT2D eigenvalue weighted by Crippen LogP contribution is -2.04. The number of halogens is 2. The second-order valence-electron chi connectivity index (χ2n) is 3.72. The molecule has 0 radical (unpaired) electrons. The molecule has 1 aromatic carbocycles. The largest absolute Gasteiger partial charge is 0.369 e. The molecule has 0 fully saturated rings. The predicted octanol–water partition coefficient (Wildman–Crippen LogP) is 2.65. The smallest absolute Gasteiger partial charge is 0.201 e. The third-order valence-electron chi connectivity index (χ3n) is 2.53. The van der Waals surface area contributed by atoms with Crippen LogP contribution in [-0.4, -0.2) is 21.6 Å². The van der Waals surface area contributed by atoms with E-state index in [9.17, 15) is 8.78 Å². The van der Waals surface area contributed by atoms with E-state index in [4.69, 9.17) is 5.73 Å². The lowest BCUT2D eigenvalue weighted by Gasteiger charge is -2.05. The molecule has 1 aromatic heterocycles. The lowest BCUT2D eigenvalue weighted by molar-refractivity contribution is 0.589. The highest BCUT2D eigenvalue weighted by molar-refractivity contribution is 7.98. The van der Waals surface area contributed by atoms with Crippen LogP contribution in [0.15, 0.2) is 12.1 Å². The Morgan fingerprint density at radius 1 is 1.41 bits per heavy atom. The summed E-state index contributed by atoms with van der Waals surface area (Å²) in [6, 6.07) is 2.09. The van der Waals surface area contributed by atoms with Crippen molar-refractivity contribution in [2.75, 3.05) is 17.7 Å². The maximum Gasteiger partial charge on any atom is 0.201 e. The number of nitrogens with zero attached hydrogens (tertiary/aromatic N) is 2. The van der Waals surface area contributed by atoms with Crippen LogP contribution in [0.5, 0.6) is 0 Å². The molecule has 0 aliphatic rings. The number of thioether (sulfide) groups is 1. The fraction of sp³-hybridized carbons (Fsp3) is 0.364. The fourth-order valence-corrected chi connectivity index (χ4v) is 2.19. The number of fused-ring (bicyclic) bond motifs is 1. The highest BCUT2D eigenvalue weighted by Gasteiger charge is 2.13. The molecule has 17 heavy (non-hydrogen) atoms. The van der Waals surface area contributed by atoms with E-state index >= 15 is 0 Å². The molecule has 0 aliphatic carbocycles. The molecule has 3 nitrogen and oxygen atoms in total. The van der Waals surface area contributed by atoms with Crippen LogP contribution in [0.3, 0.4) is 0 Å². The van der Waals surface area contributed by atoms with Crippen LogP contribution in [0, 0.1) is 11.6 Å². The molecule has 6 heteroatoms. The number of hydrogen-bond donors (Lipinski definition) is 1. The Labute approximate surface area is 102 Å². The van der Waals surface area contributed by atoms with Gasteiger partial charge in [-0.05, 0) is 18.4 Å². The van der Waals surface area contributed by atoms with Gasteiger partial charge in [-0.15, -0.1) is 0 Å². The lowest BCUT2D eigenvalue weighted by atomic mass is 10.3. The summed E-state index contributed by atoms with van der Waals surface area (Å²) >= 11 is 1.72. The number of rotatable bonds is 4. The quantitative estimate of drug-likeness (QED) is 0.856. The zero-order valence-electron chi connectivity index (χ0n) is 9.41. The number of benzene rings is 1. The maximum atomic E-state index is 13.5. The summed E-state index contributed by atoms with van der Waals surface area (Å²) in [4.78, 5) is 3.92. The predicted molar refractivity (Wildman–Crippen MR) is 67.1 cm³/mol. The average Bonchev–Trinajstić information content (AvgIpc) is 2.57. The molecule has 2 aromatic rings. The number of aryl methyl sites for hydroxylation is 1. The minimum Gasteiger partial charge on any atom is -0.369 e. The Hall–Kier alpha value is -1.30. The van der Waals surface area contributed by atoms with Crippen LogP contribution in [0.4, 0.5) is 14.7 Å². The monoisotopic (exact) mass is 257 g/mol. The van der Waals surface area contributed by atoms with E-state index in [1.54, 1.807) is 16.3 Å². The second kappa shape index (κ2) is 4.91. The first kappa shape index (κ1) is 12.2. The van der Waals surface area contributed by atoms with Gasteiger partial charge in [0.1, 0.15) is 11.3 Å². The summed E-state index contributed by atoms with van der Waals surface area (Å²) in [5, 5.41) is 0. The summed E-state index contributed by atoms with van der Waals surface area (Å²) in [5.74, 6) is -0.0846. The van der Waals surface area contributed by atoms with E-state index in [2.05, 4.69) is 4.98 Å². The number of nitrogen functional groups attached to an aromatic ring is 1. The van der Waals surface area contributed by atoms with Gasteiger partial charge < -0.3 is 10.3 Å². The topological polar surface area (TPSA) is 43.8 Å². The molecule has 0 amide bonds. The van der Waals surface area contributed by atoms with Gasteiger partial charge >= 0.3 is 0 Å². The molecule has 0 saturated heterocycles. The minimum absolute atomic E-state index is 0.132. The third kappa shape index (κ3) is 2.36. The molecule has 2 rings (SSSR count). The average molecular weight is 257 g/mol. The van der Waals surface area contributed by atoms with Crippen molar-refractivity contribution < 1.29 is 8.78 Å². The first-order valence-corrected chi connectivity index (χ1v) is 6.62. The first-order chi connectivity index (χ1) is 8.13. The van der Waals surface area contributed by atoms with E-state index < -0.39 is 11.6 Å². The zero-order chi connectivity index (χ0) is 12.4. The van der Waals surface area contributed by atoms with Gasteiger partial charge in [-0.1, -0.05) is 0 Å². The molecule has 0 aliphatic heterocycles. The third-order valence-corrected chi connectivity index (χ3v) is 3.23. The number of hydrogen-bond acceptors (Lipinski definition) is 3. The molecule has 2 N–H and O–H groups in total. The first-order valence-electron chi connectivity index (χ1n) is 5.23. The van der Waals surface area contributed by atoms with Gasteiger partial charge in [0, 0.05) is 18.7 Å². The van der Waals surface area contributed by atoms with Crippen LogP contribution in [0.2, 0.25) is 0 Å².